The number of benzene rings is 2. The van der Waals surface area contributed by atoms with Crippen LogP contribution in [0.2, 0.25) is 0 Å². The van der Waals surface area contributed by atoms with E-state index in [1.165, 1.54) is 11.1 Å². The SMILES string of the molecule is NC(=O)c1ccccc1NC1CCc2cc(N)ccc21. The van der Waals surface area contributed by atoms with Gasteiger partial charge < -0.3 is 16.8 Å². The largest absolute Gasteiger partial charge is 0.399 e. The molecule has 1 amide bonds. The number of nitrogens with two attached hydrogens (primary N) is 2. The number of anilines is 2. The molecule has 1 unspecified atom stereocenters. The number of fused-ring (bicyclic) bond motifs is 1. The molecule has 1 aliphatic carbocycles. The average Bonchev–Trinajstić information content (AvgIpc) is 2.81. The Morgan fingerprint density at radius 3 is 2.80 bits per heavy atom. The first kappa shape index (κ1) is 12.5. The molecule has 0 saturated carbocycles. The minimum atomic E-state index is -0.413. The maximum atomic E-state index is 11.5. The Labute approximate surface area is 117 Å². The van der Waals surface area contributed by atoms with Crippen LogP contribution in [0.25, 0.3) is 0 Å². The highest BCUT2D eigenvalue weighted by atomic mass is 16.1. The molecule has 0 radical (unpaired) electrons. The topological polar surface area (TPSA) is 81.1 Å². The summed E-state index contributed by atoms with van der Waals surface area (Å²) in [7, 11) is 0. The predicted molar refractivity (Wildman–Crippen MR) is 80.5 cm³/mol. The van der Waals surface area contributed by atoms with Crippen LogP contribution in [-0.4, -0.2) is 5.91 Å². The molecule has 0 aromatic heterocycles. The second-order valence-electron chi connectivity index (χ2n) is 5.10. The van der Waals surface area contributed by atoms with Gasteiger partial charge in [-0.05, 0) is 48.2 Å². The molecule has 1 atom stereocenters. The van der Waals surface area contributed by atoms with E-state index in [1.54, 1.807) is 6.07 Å². The number of nitrogens with one attached hydrogen (secondary N) is 1. The van der Waals surface area contributed by atoms with Crippen LogP contribution in [0.4, 0.5) is 11.4 Å². The Bertz CT molecular complexity index is 667. The normalized spacial score (nSPS) is 16.7. The summed E-state index contributed by atoms with van der Waals surface area (Å²) in [6.07, 6.45) is 1.99. The summed E-state index contributed by atoms with van der Waals surface area (Å²) in [4.78, 5) is 11.5. The zero-order valence-electron chi connectivity index (χ0n) is 11.1. The summed E-state index contributed by atoms with van der Waals surface area (Å²) in [5.41, 5.74) is 15.8. The lowest BCUT2D eigenvalue weighted by atomic mass is 10.1. The second kappa shape index (κ2) is 4.89. The molecule has 102 valence electrons. The van der Waals surface area contributed by atoms with Gasteiger partial charge >= 0.3 is 0 Å². The zero-order chi connectivity index (χ0) is 14.1. The quantitative estimate of drug-likeness (QED) is 0.747. The average molecular weight is 267 g/mol. The third kappa shape index (κ3) is 2.20. The minimum Gasteiger partial charge on any atom is -0.399 e. The van der Waals surface area contributed by atoms with Gasteiger partial charge in [-0.15, -0.1) is 0 Å². The van der Waals surface area contributed by atoms with Gasteiger partial charge in [0.2, 0.25) is 0 Å². The van der Waals surface area contributed by atoms with Crippen LogP contribution in [0.5, 0.6) is 0 Å². The van der Waals surface area contributed by atoms with Crippen LogP contribution in [0.3, 0.4) is 0 Å². The Hall–Kier alpha value is -2.49. The number of primary amides is 1. The lowest BCUT2D eigenvalue weighted by molar-refractivity contribution is 0.100. The first-order valence-corrected chi connectivity index (χ1v) is 6.69. The summed E-state index contributed by atoms with van der Waals surface area (Å²) in [6.45, 7) is 0. The van der Waals surface area contributed by atoms with E-state index in [9.17, 15) is 4.79 Å². The molecule has 0 bridgehead atoms. The van der Waals surface area contributed by atoms with Crippen molar-refractivity contribution in [3.63, 3.8) is 0 Å². The van der Waals surface area contributed by atoms with Gasteiger partial charge in [0, 0.05) is 11.4 Å². The van der Waals surface area contributed by atoms with Crippen molar-refractivity contribution in [2.24, 2.45) is 5.73 Å². The lowest BCUT2D eigenvalue weighted by Gasteiger charge is -2.17. The van der Waals surface area contributed by atoms with Crippen molar-refractivity contribution in [3.05, 3.63) is 59.2 Å². The van der Waals surface area contributed by atoms with Gasteiger partial charge in [-0.25, -0.2) is 0 Å². The van der Waals surface area contributed by atoms with Crippen molar-refractivity contribution in [1.82, 2.24) is 0 Å². The molecular weight excluding hydrogens is 250 g/mol. The third-order valence-corrected chi connectivity index (χ3v) is 3.77. The van der Waals surface area contributed by atoms with Crippen LogP contribution in [-0.2, 0) is 6.42 Å². The number of rotatable bonds is 3. The zero-order valence-corrected chi connectivity index (χ0v) is 11.1. The molecular formula is C16H17N3O. The molecule has 4 heteroatoms. The number of nitrogen functional groups attached to an aromatic ring is 1. The molecule has 4 nitrogen and oxygen atoms in total. The first-order valence-electron chi connectivity index (χ1n) is 6.69. The Balaban J connectivity index is 1.90. The smallest absolute Gasteiger partial charge is 0.250 e. The molecule has 3 rings (SSSR count). The van der Waals surface area contributed by atoms with Crippen LogP contribution >= 0.6 is 0 Å². The molecule has 2 aromatic carbocycles. The number of para-hydroxylation sites is 1. The highest BCUT2D eigenvalue weighted by Crippen LogP contribution is 2.35. The lowest BCUT2D eigenvalue weighted by Crippen LogP contribution is -2.16. The minimum absolute atomic E-state index is 0.200. The van der Waals surface area contributed by atoms with E-state index in [-0.39, 0.29) is 6.04 Å². The molecule has 0 heterocycles. The molecule has 0 spiro atoms. The number of hydrogen-bond donors (Lipinski definition) is 3. The van der Waals surface area contributed by atoms with E-state index in [0.29, 0.717) is 5.56 Å². The molecule has 1 aliphatic rings. The number of hydrogen-bond acceptors (Lipinski definition) is 3. The van der Waals surface area contributed by atoms with Gasteiger partial charge in [0.05, 0.1) is 11.6 Å². The number of carbonyl (C=O) groups excluding carboxylic acids is 1. The summed E-state index contributed by atoms with van der Waals surface area (Å²) in [5, 5.41) is 3.42. The van der Waals surface area contributed by atoms with Crippen LogP contribution < -0.4 is 16.8 Å². The van der Waals surface area contributed by atoms with Crippen LogP contribution in [0.15, 0.2) is 42.5 Å². The summed E-state index contributed by atoms with van der Waals surface area (Å²) >= 11 is 0. The number of amides is 1. The molecule has 0 fully saturated rings. The van der Waals surface area contributed by atoms with E-state index in [1.807, 2.05) is 30.3 Å². The van der Waals surface area contributed by atoms with E-state index in [0.717, 1.165) is 24.2 Å². The summed E-state index contributed by atoms with van der Waals surface area (Å²) in [6, 6.07) is 13.5. The second-order valence-corrected chi connectivity index (χ2v) is 5.10. The van der Waals surface area contributed by atoms with Gasteiger partial charge in [0.15, 0.2) is 0 Å². The predicted octanol–water partition coefficient (Wildman–Crippen LogP) is 2.47. The van der Waals surface area contributed by atoms with Crippen molar-refractivity contribution >= 4 is 17.3 Å². The maximum absolute atomic E-state index is 11.5. The standard InChI is InChI=1S/C16H17N3O/c17-11-6-7-12-10(9-11)5-8-15(12)19-14-4-2-1-3-13(14)16(18)20/h1-4,6-7,9,15,19H,5,8,17H2,(H2,18,20). The Morgan fingerprint density at radius 1 is 1.20 bits per heavy atom. The van der Waals surface area contributed by atoms with E-state index < -0.39 is 5.91 Å². The Kier molecular flexibility index (Phi) is 3.06. The van der Waals surface area contributed by atoms with Crippen molar-refractivity contribution in [3.8, 4) is 0 Å². The highest BCUT2D eigenvalue weighted by molar-refractivity contribution is 5.98. The molecule has 20 heavy (non-hydrogen) atoms. The molecule has 2 aromatic rings. The van der Waals surface area contributed by atoms with E-state index in [4.69, 9.17) is 11.5 Å². The molecule has 0 saturated heterocycles. The van der Waals surface area contributed by atoms with Gasteiger partial charge in [-0.1, -0.05) is 18.2 Å². The van der Waals surface area contributed by atoms with Crippen LogP contribution in [0.1, 0.15) is 33.9 Å². The summed E-state index contributed by atoms with van der Waals surface area (Å²) < 4.78 is 0. The van der Waals surface area contributed by atoms with Gasteiger partial charge in [0.1, 0.15) is 0 Å². The maximum Gasteiger partial charge on any atom is 0.250 e. The van der Waals surface area contributed by atoms with Gasteiger partial charge in [0.25, 0.3) is 5.91 Å². The first-order chi connectivity index (χ1) is 9.65. The monoisotopic (exact) mass is 267 g/mol. The number of aryl methyl sites for hydroxylation is 1. The van der Waals surface area contributed by atoms with E-state index in [2.05, 4.69) is 11.4 Å². The highest BCUT2D eigenvalue weighted by Gasteiger charge is 2.23. The van der Waals surface area contributed by atoms with Crippen molar-refractivity contribution < 1.29 is 4.79 Å². The number of carbonyl (C=O) groups is 1. The molecule has 5 N–H and O–H groups in total. The fraction of sp³-hybridized carbons (Fsp3) is 0.188. The van der Waals surface area contributed by atoms with Crippen molar-refractivity contribution in [2.45, 2.75) is 18.9 Å². The molecule has 0 aliphatic heterocycles. The van der Waals surface area contributed by atoms with E-state index >= 15 is 0 Å². The summed E-state index contributed by atoms with van der Waals surface area (Å²) in [5.74, 6) is -0.413. The van der Waals surface area contributed by atoms with Crippen LogP contribution in [0, 0.1) is 0 Å². The Morgan fingerprint density at radius 2 is 2.00 bits per heavy atom. The van der Waals surface area contributed by atoms with Crippen molar-refractivity contribution in [1.29, 1.82) is 0 Å². The fourth-order valence-corrected chi connectivity index (χ4v) is 2.80. The fourth-order valence-electron chi connectivity index (χ4n) is 2.80. The van der Waals surface area contributed by atoms with Gasteiger partial charge in [-0.3, -0.25) is 4.79 Å². The van der Waals surface area contributed by atoms with Crippen molar-refractivity contribution in [2.75, 3.05) is 11.1 Å². The third-order valence-electron chi connectivity index (χ3n) is 3.77. The van der Waals surface area contributed by atoms with Gasteiger partial charge in [-0.2, -0.15) is 0 Å².